The molecule has 3 aromatic heterocycles. The minimum Gasteiger partial charge on any atom is -0.363 e. The number of piperazine rings is 1. The third-order valence-corrected chi connectivity index (χ3v) is 6.50. The molecule has 8 nitrogen and oxygen atoms in total. The number of nitrogens with one attached hydrogen (secondary N) is 1. The first-order chi connectivity index (χ1) is 16.6. The predicted molar refractivity (Wildman–Crippen MR) is 126 cm³/mol. The van der Waals surface area contributed by atoms with Crippen LogP contribution in [0, 0.1) is 6.92 Å². The number of imidazole rings is 1. The molecule has 0 bridgehead atoms. The number of anilines is 2. The minimum atomic E-state index is -4.43. The molecule has 1 N–H and O–H groups in total. The Labute approximate surface area is 199 Å². The van der Waals surface area contributed by atoms with Crippen LogP contribution < -0.4 is 10.2 Å². The number of carbonyl (C=O) groups is 1. The van der Waals surface area contributed by atoms with Gasteiger partial charge in [0, 0.05) is 37.9 Å². The molecule has 1 fully saturated rings. The molecule has 1 aliphatic rings. The topological polar surface area (TPSA) is 78.7 Å². The summed E-state index contributed by atoms with van der Waals surface area (Å²) in [6, 6.07) is 5.58. The van der Waals surface area contributed by atoms with Crippen LogP contribution in [0.5, 0.6) is 0 Å². The molecule has 1 saturated heterocycles. The molecule has 0 radical (unpaired) electrons. The Balaban J connectivity index is 1.57. The van der Waals surface area contributed by atoms with Gasteiger partial charge in [-0.1, -0.05) is 12.1 Å². The van der Waals surface area contributed by atoms with E-state index >= 15 is 0 Å². The fourth-order valence-electron chi connectivity index (χ4n) is 4.49. The van der Waals surface area contributed by atoms with Crippen molar-refractivity contribution in [2.45, 2.75) is 26.1 Å². The number of carbonyl (C=O) groups excluding carboxylic acids is 1. The summed E-state index contributed by atoms with van der Waals surface area (Å²) >= 11 is 0. The number of nitrogens with zero attached hydrogens (tertiary/aromatic N) is 6. The lowest BCUT2D eigenvalue weighted by Crippen LogP contribution is -2.48. The van der Waals surface area contributed by atoms with Gasteiger partial charge in [0.05, 0.1) is 29.9 Å². The molecular weight excluding hydrogens is 459 g/mol. The Hall–Kier alpha value is -3.89. The number of rotatable bonds is 4. The zero-order chi connectivity index (χ0) is 24.9. The third kappa shape index (κ3) is 4.11. The number of aromatic nitrogens is 4. The summed E-state index contributed by atoms with van der Waals surface area (Å²) in [6.45, 7) is 4.73. The highest BCUT2D eigenvalue weighted by atomic mass is 19.4. The van der Waals surface area contributed by atoms with Crippen LogP contribution >= 0.6 is 0 Å². The van der Waals surface area contributed by atoms with Gasteiger partial charge in [-0.2, -0.15) is 18.2 Å². The molecule has 35 heavy (non-hydrogen) atoms. The Bertz CT molecular complexity index is 1430. The van der Waals surface area contributed by atoms with E-state index < -0.39 is 17.8 Å². The number of hydrogen-bond donors (Lipinski definition) is 1. The van der Waals surface area contributed by atoms with E-state index in [0.29, 0.717) is 36.1 Å². The lowest BCUT2D eigenvalue weighted by atomic mass is 9.97. The number of halogens is 3. The Kier molecular flexibility index (Phi) is 5.49. The fraction of sp³-hybridized carbons (Fsp3) is 0.333. The number of pyridine rings is 1. The molecule has 182 valence electrons. The number of benzene rings is 1. The van der Waals surface area contributed by atoms with Crippen molar-refractivity contribution in [1.29, 1.82) is 0 Å². The molecule has 1 atom stereocenters. The lowest BCUT2D eigenvalue weighted by Gasteiger charge is -2.32. The first-order valence-corrected chi connectivity index (χ1v) is 11.2. The summed E-state index contributed by atoms with van der Waals surface area (Å²) in [7, 11) is 1.77. The zero-order valence-electron chi connectivity index (χ0n) is 19.5. The summed E-state index contributed by atoms with van der Waals surface area (Å²) in [6.07, 6.45) is 0.670. The average molecular weight is 483 g/mol. The van der Waals surface area contributed by atoms with Crippen LogP contribution in [0.3, 0.4) is 0 Å². The molecule has 11 heteroatoms. The van der Waals surface area contributed by atoms with Crippen molar-refractivity contribution in [3.8, 4) is 0 Å². The summed E-state index contributed by atoms with van der Waals surface area (Å²) in [5, 5.41) is 4.02. The van der Waals surface area contributed by atoms with Gasteiger partial charge >= 0.3 is 6.18 Å². The van der Waals surface area contributed by atoms with Gasteiger partial charge in [-0.25, -0.2) is 9.97 Å². The van der Waals surface area contributed by atoms with Gasteiger partial charge in [-0.3, -0.25) is 9.20 Å². The predicted octanol–water partition coefficient (Wildman–Crippen LogP) is 4.06. The summed E-state index contributed by atoms with van der Waals surface area (Å²) in [5.41, 5.74) is 0.782. The Morgan fingerprint density at radius 3 is 2.71 bits per heavy atom. The molecule has 0 spiro atoms. The smallest absolute Gasteiger partial charge is 0.363 e. The number of alkyl halides is 3. The largest absolute Gasteiger partial charge is 0.416 e. The molecule has 0 aliphatic carbocycles. The van der Waals surface area contributed by atoms with Crippen LogP contribution in [-0.4, -0.2) is 56.8 Å². The maximum atomic E-state index is 13.5. The normalized spacial score (nSPS) is 15.8. The summed E-state index contributed by atoms with van der Waals surface area (Å²) < 4.78 is 42.2. The summed E-state index contributed by atoms with van der Waals surface area (Å²) in [4.78, 5) is 29.3. The second-order valence-corrected chi connectivity index (χ2v) is 8.74. The highest BCUT2D eigenvalue weighted by Crippen LogP contribution is 2.36. The second-order valence-electron chi connectivity index (χ2n) is 8.74. The van der Waals surface area contributed by atoms with E-state index in [1.807, 2.05) is 11.0 Å². The van der Waals surface area contributed by atoms with Gasteiger partial charge in [0.2, 0.25) is 11.7 Å². The van der Waals surface area contributed by atoms with E-state index in [0.717, 1.165) is 17.0 Å². The maximum absolute atomic E-state index is 13.5. The second kappa shape index (κ2) is 8.40. The van der Waals surface area contributed by atoms with Gasteiger partial charge in [-0.15, -0.1) is 0 Å². The van der Waals surface area contributed by atoms with Gasteiger partial charge < -0.3 is 15.1 Å². The van der Waals surface area contributed by atoms with E-state index in [9.17, 15) is 18.0 Å². The van der Waals surface area contributed by atoms with Gasteiger partial charge in [0.25, 0.3) is 0 Å². The van der Waals surface area contributed by atoms with Crippen molar-refractivity contribution in [1.82, 2.24) is 24.3 Å². The van der Waals surface area contributed by atoms with Gasteiger partial charge in [0.15, 0.2) is 0 Å². The fourth-order valence-corrected chi connectivity index (χ4v) is 4.49. The van der Waals surface area contributed by atoms with E-state index in [-0.39, 0.29) is 18.0 Å². The first-order valence-electron chi connectivity index (χ1n) is 11.2. The van der Waals surface area contributed by atoms with Crippen molar-refractivity contribution >= 4 is 34.2 Å². The number of amides is 1. The molecule has 5 rings (SSSR count). The van der Waals surface area contributed by atoms with Crippen molar-refractivity contribution in [3.05, 3.63) is 59.5 Å². The standard InChI is InChI=1S/C24H24F3N7O/c1-14-16(5-4-6-18(14)24(25,26)27)15(2)30-22-17-11-20(33-10-9-32(3)21(35)13-33)29-12-19(17)34-8-7-28-23(34)31-22/h4-8,11-12,15H,9-10,13H2,1-3H3,(H,28,30,31). The summed E-state index contributed by atoms with van der Waals surface area (Å²) in [5.74, 6) is 1.56. The number of hydrogen-bond acceptors (Lipinski definition) is 6. The third-order valence-electron chi connectivity index (χ3n) is 6.50. The lowest BCUT2D eigenvalue weighted by molar-refractivity contribution is -0.138. The molecule has 4 aromatic rings. The average Bonchev–Trinajstić information content (AvgIpc) is 3.28. The monoisotopic (exact) mass is 483 g/mol. The highest BCUT2D eigenvalue weighted by molar-refractivity contribution is 5.93. The molecular formula is C24H24F3N7O. The maximum Gasteiger partial charge on any atom is 0.416 e. The van der Waals surface area contributed by atoms with Crippen LogP contribution in [0.25, 0.3) is 16.7 Å². The van der Waals surface area contributed by atoms with E-state index in [1.54, 1.807) is 47.9 Å². The van der Waals surface area contributed by atoms with Crippen LogP contribution in [0.2, 0.25) is 0 Å². The van der Waals surface area contributed by atoms with Crippen molar-refractivity contribution in [3.63, 3.8) is 0 Å². The van der Waals surface area contributed by atoms with E-state index in [1.165, 1.54) is 13.0 Å². The Morgan fingerprint density at radius 2 is 1.97 bits per heavy atom. The van der Waals surface area contributed by atoms with Crippen LogP contribution in [0.4, 0.5) is 24.8 Å². The molecule has 1 aliphatic heterocycles. The quantitative estimate of drug-likeness (QED) is 0.472. The van der Waals surface area contributed by atoms with Gasteiger partial charge in [-0.05, 0) is 37.1 Å². The molecule has 0 saturated carbocycles. The Morgan fingerprint density at radius 1 is 1.17 bits per heavy atom. The molecule has 1 aromatic carbocycles. The van der Waals surface area contributed by atoms with Crippen molar-refractivity contribution < 1.29 is 18.0 Å². The highest BCUT2D eigenvalue weighted by Gasteiger charge is 2.33. The van der Waals surface area contributed by atoms with E-state index in [2.05, 4.69) is 20.3 Å². The number of fused-ring (bicyclic) bond motifs is 3. The van der Waals surface area contributed by atoms with Crippen molar-refractivity contribution in [2.75, 3.05) is 36.9 Å². The number of likely N-dealkylation sites (N-methyl/N-ethyl adjacent to an activating group) is 1. The molecule has 1 unspecified atom stereocenters. The molecule has 1 amide bonds. The minimum absolute atomic E-state index is 0.00771. The van der Waals surface area contributed by atoms with Crippen LogP contribution in [0.15, 0.2) is 42.9 Å². The van der Waals surface area contributed by atoms with Crippen LogP contribution in [0.1, 0.15) is 29.7 Å². The SMILES string of the molecule is Cc1c(C(C)Nc2nc3nccn3c3cnc(N4CCN(C)C(=O)C4)cc23)cccc1C(F)(F)F. The first kappa shape index (κ1) is 22.9. The van der Waals surface area contributed by atoms with Crippen LogP contribution in [-0.2, 0) is 11.0 Å². The van der Waals surface area contributed by atoms with E-state index in [4.69, 9.17) is 0 Å². The van der Waals surface area contributed by atoms with Crippen molar-refractivity contribution in [2.24, 2.45) is 0 Å². The molecule has 4 heterocycles. The van der Waals surface area contributed by atoms with Gasteiger partial charge in [0.1, 0.15) is 11.6 Å². The zero-order valence-corrected chi connectivity index (χ0v) is 19.5.